The molecule has 0 unspecified atom stereocenters. The standard InChI is InChI=1S/C34H26ClN3O4S/c1-41-25-14-23(16-36-18-25)22-13-24(32(31(35)15-22)43-33-21(19-39)7-6-12-37-33)17-38-34(40)42-20-30-28-10-4-2-8-26(28)27-9-3-5-11-29(27)30/h2-16,18-19,30H,17,20H2,1H3,(H,38,40). The second-order valence-electron chi connectivity index (χ2n) is 9.86. The molecular weight excluding hydrogens is 582 g/mol. The maximum atomic E-state index is 13.0. The number of aldehydes is 1. The minimum Gasteiger partial charge on any atom is -0.495 e. The Hall–Kier alpha value is -4.66. The maximum absolute atomic E-state index is 13.0. The lowest BCUT2D eigenvalue weighted by molar-refractivity contribution is 0.112. The molecule has 1 N–H and O–H groups in total. The Bertz CT molecular complexity index is 1780. The van der Waals surface area contributed by atoms with Crippen LogP contribution in [-0.2, 0) is 11.3 Å². The predicted octanol–water partition coefficient (Wildman–Crippen LogP) is 7.81. The second kappa shape index (κ2) is 12.7. The number of alkyl carbamates (subject to hydrolysis) is 1. The van der Waals surface area contributed by atoms with Gasteiger partial charge in [0.25, 0.3) is 0 Å². The number of rotatable bonds is 9. The molecule has 9 heteroatoms. The van der Waals surface area contributed by atoms with E-state index in [1.807, 2.05) is 42.5 Å². The summed E-state index contributed by atoms with van der Waals surface area (Å²) >= 11 is 8.10. The van der Waals surface area contributed by atoms with Crippen molar-refractivity contribution in [2.24, 2.45) is 0 Å². The third-order valence-electron chi connectivity index (χ3n) is 7.30. The highest BCUT2D eigenvalue weighted by atomic mass is 35.5. The molecular formula is C34H26ClN3O4S. The summed E-state index contributed by atoms with van der Waals surface area (Å²) in [5, 5.41) is 3.84. The van der Waals surface area contributed by atoms with E-state index >= 15 is 0 Å². The number of pyridine rings is 2. The lowest BCUT2D eigenvalue weighted by Crippen LogP contribution is -2.26. The lowest BCUT2D eigenvalue weighted by atomic mass is 9.98. The highest BCUT2D eigenvalue weighted by molar-refractivity contribution is 7.99. The van der Waals surface area contributed by atoms with Crippen LogP contribution < -0.4 is 10.1 Å². The van der Waals surface area contributed by atoms with Crippen molar-refractivity contribution < 1.29 is 19.1 Å². The fourth-order valence-electron chi connectivity index (χ4n) is 5.24. The van der Waals surface area contributed by atoms with E-state index in [9.17, 15) is 9.59 Å². The van der Waals surface area contributed by atoms with Crippen LogP contribution in [0.25, 0.3) is 22.3 Å². The number of halogens is 1. The molecule has 1 amide bonds. The average molecular weight is 608 g/mol. The Morgan fingerprint density at radius 1 is 0.977 bits per heavy atom. The first kappa shape index (κ1) is 28.5. The number of carbonyl (C=O) groups excluding carboxylic acids is 2. The fourth-order valence-corrected chi connectivity index (χ4v) is 6.56. The summed E-state index contributed by atoms with van der Waals surface area (Å²) < 4.78 is 11.1. The number of aromatic nitrogens is 2. The van der Waals surface area contributed by atoms with Gasteiger partial charge in [-0.05, 0) is 63.7 Å². The number of hydrogen-bond donors (Lipinski definition) is 1. The van der Waals surface area contributed by atoms with Crippen molar-refractivity contribution in [2.75, 3.05) is 13.7 Å². The number of carbonyl (C=O) groups is 2. The van der Waals surface area contributed by atoms with Crippen LogP contribution in [0.4, 0.5) is 4.79 Å². The molecule has 0 atom stereocenters. The first-order valence-electron chi connectivity index (χ1n) is 13.5. The number of methoxy groups -OCH3 is 1. The van der Waals surface area contributed by atoms with Gasteiger partial charge in [-0.1, -0.05) is 71.9 Å². The van der Waals surface area contributed by atoms with Gasteiger partial charge in [-0.15, -0.1) is 0 Å². The zero-order chi connectivity index (χ0) is 29.8. The van der Waals surface area contributed by atoms with Gasteiger partial charge in [-0.2, -0.15) is 0 Å². The molecule has 0 spiro atoms. The molecule has 0 aliphatic heterocycles. The fraction of sp³-hybridized carbons (Fsp3) is 0.118. The number of nitrogens with zero attached hydrogens (tertiary/aromatic N) is 2. The van der Waals surface area contributed by atoms with E-state index in [4.69, 9.17) is 21.1 Å². The van der Waals surface area contributed by atoms with Crippen molar-refractivity contribution >= 4 is 35.7 Å². The molecule has 214 valence electrons. The molecule has 0 saturated carbocycles. The van der Waals surface area contributed by atoms with Crippen LogP contribution in [0.5, 0.6) is 5.75 Å². The van der Waals surface area contributed by atoms with Gasteiger partial charge in [0, 0.05) is 40.9 Å². The van der Waals surface area contributed by atoms with Gasteiger partial charge in [0.2, 0.25) is 0 Å². The zero-order valence-electron chi connectivity index (χ0n) is 23.1. The summed E-state index contributed by atoms with van der Waals surface area (Å²) in [6.45, 7) is 0.335. The largest absolute Gasteiger partial charge is 0.495 e. The molecule has 5 aromatic rings. The van der Waals surface area contributed by atoms with Gasteiger partial charge < -0.3 is 14.8 Å². The molecule has 0 saturated heterocycles. The molecule has 43 heavy (non-hydrogen) atoms. The second-order valence-corrected chi connectivity index (χ2v) is 11.3. The summed E-state index contributed by atoms with van der Waals surface area (Å²) in [6, 6.07) is 25.4. The monoisotopic (exact) mass is 607 g/mol. The molecule has 6 rings (SSSR count). The van der Waals surface area contributed by atoms with Gasteiger partial charge >= 0.3 is 6.09 Å². The van der Waals surface area contributed by atoms with Crippen LogP contribution in [0.2, 0.25) is 5.02 Å². The summed E-state index contributed by atoms with van der Waals surface area (Å²) in [5.74, 6) is 0.558. The van der Waals surface area contributed by atoms with Crippen molar-refractivity contribution in [1.82, 2.24) is 15.3 Å². The van der Waals surface area contributed by atoms with Crippen LogP contribution in [0.3, 0.4) is 0 Å². The molecule has 0 radical (unpaired) electrons. The summed E-state index contributed by atoms with van der Waals surface area (Å²) in [4.78, 5) is 34.0. The Morgan fingerprint density at radius 2 is 1.72 bits per heavy atom. The highest BCUT2D eigenvalue weighted by Gasteiger charge is 2.29. The van der Waals surface area contributed by atoms with E-state index in [-0.39, 0.29) is 19.1 Å². The smallest absolute Gasteiger partial charge is 0.407 e. The molecule has 1 aliphatic carbocycles. The summed E-state index contributed by atoms with van der Waals surface area (Å²) in [6.07, 6.45) is 5.17. The highest BCUT2D eigenvalue weighted by Crippen LogP contribution is 2.44. The first-order chi connectivity index (χ1) is 21.1. The van der Waals surface area contributed by atoms with Crippen molar-refractivity contribution in [2.45, 2.75) is 22.4 Å². The van der Waals surface area contributed by atoms with E-state index in [0.29, 0.717) is 26.3 Å². The van der Waals surface area contributed by atoms with Crippen LogP contribution in [0.15, 0.2) is 107 Å². The van der Waals surface area contributed by atoms with Gasteiger partial charge in [-0.25, -0.2) is 9.78 Å². The molecule has 0 bridgehead atoms. The molecule has 1 aliphatic rings. The van der Waals surface area contributed by atoms with Gasteiger partial charge in [-0.3, -0.25) is 9.78 Å². The van der Waals surface area contributed by atoms with E-state index in [0.717, 1.165) is 45.2 Å². The number of amides is 1. The van der Waals surface area contributed by atoms with E-state index in [1.165, 1.54) is 11.8 Å². The number of fused-ring (bicyclic) bond motifs is 3. The van der Waals surface area contributed by atoms with E-state index < -0.39 is 6.09 Å². The predicted molar refractivity (Wildman–Crippen MR) is 167 cm³/mol. The minimum atomic E-state index is -0.547. The molecule has 2 heterocycles. The molecule has 3 aromatic carbocycles. The number of hydrogen-bond acceptors (Lipinski definition) is 7. The number of benzene rings is 3. The Labute approximate surface area is 258 Å². The summed E-state index contributed by atoms with van der Waals surface area (Å²) in [7, 11) is 1.58. The SMILES string of the molecule is COc1cncc(-c2cc(Cl)c(Sc3ncccc3C=O)c(CNC(=O)OCC3c4ccccc4-c4ccccc43)c2)c1. The van der Waals surface area contributed by atoms with Crippen LogP contribution in [0.1, 0.15) is 33.0 Å². The molecule has 2 aromatic heterocycles. The Balaban J connectivity index is 1.24. The Kier molecular flexibility index (Phi) is 8.40. The van der Waals surface area contributed by atoms with Crippen molar-refractivity contribution in [3.8, 4) is 28.0 Å². The van der Waals surface area contributed by atoms with E-state index in [2.05, 4.69) is 39.6 Å². The Morgan fingerprint density at radius 3 is 2.44 bits per heavy atom. The molecule has 0 fully saturated rings. The first-order valence-corrected chi connectivity index (χ1v) is 14.7. The lowest BCUT2D eigenvalue weighted by Gasteiger charge is -2.17. The summed E-state index contributed by atoms with van der Waals surface area (Å²) in [5.41, 5.74) is 7.37. The normalized spacial score (nSPS) is 11.9. The number of ether oxygens (including phenoxy) is 2. The zero-order valence-corrected chi connectivity index (χ0v) is 24.7. The van der Waals surface area contributed by atoms with Crippen LogP contribution >= 0.6 is 23.4 Å². The average Bonchev–Trinajstić information content (AvgIpc) is 3.37. The maximum Gasteiger partial charge on any atom is 0.407 e. The van der Waals surface area contributed by atoms with Crippen LogP contribution in [-0.4, -0.2) is 36.1 Å². The van der Waals surface area contributed by atoms with Crippen molar-refractivity contribution in [3.05, 3.63) is 125 Å². The number of nitrogens with one attached hydrogen (secondary N) is 1. The minimum absolute atomic E-state index is 0.0477. The van der Waals surface area contributed by atoms with Crippen molar-refractivity contribution in [3.63, 3.8) is 0 Å². The van der Waals surface area contributed by atoms with Crippen molar-refractivity contribution in [1.29, 1.82) is 0 Å². The van der Waals surface area contributed by atoms with E-state index in [1.54, 1.807) is 37.8 Å². The quantitative estimate of drug-likeness (QED) is 0.171. The molecule has 7 nitrogen and oxygen atoms in total. The topological polar surface area (TPSA) is 90.4 Å². The van der Waals surface area contributed by atoms with Gasteiger partial charge in [0.1, 0.15) is 17.4 Å². The van der Waals surface area contributed by atoms with Gasteiger partial charge in [0.05, 0.1) is 18.3 Å². The third-order valence-corrected chi connectivity index (χ3v) is 8.93. The third kappa shape index (κ3) is 5.98. The van der Waals surface area contributed by atoms with Crippen LogP contribution in [0, 0.1) is 0 Å². The van der Waals surface area contributed by atoms with Gasteiger partial charge in [0.15, 0.2) is 6.29 Å².